The van der Waals surface area contributed by atoms with Crippen molar-refractivity contribution in [3.05, 3.63) is 37.1 Å². The van der Waals surface area contributed by atoms with Crippen molar-refractivity contribution in [3.63, 3.8) is 0 Å². The van der Waals surface area contributed by atoms with Gasteiger partial charge in [-0.15, -0.1) is 0 Å². The Balaban J connectivity index is 2.99. The number of carbonyl (C=O) groups excluding carboxylic acids is 2. The van der Waals surface area contributed by atoms with E-state index in [2.05, 4.69) is 18.5 Å². The number of nitrogens with one attached hydrogen (secondary N) is 1. The number of likely N-dealkylation sites (N-methyl/N-ethyl adjacent to an activating group) is 1. The van der Waals surface area contributed by atoms with Crippen molar-refractivity contribution in [2.24, 2.45) is 0 Å². The zero-order valence-corrected chi connectivity index (χ0v) is 10.3. The molecule has 0 saturated heterocycles. The van der Waals surface area contributed by atoms with Gasteiger partial charge in [-0.25, -0.2) is 0 Å². The molecule has 1 aliphatic rings. The molecule has 0 aromatic heterocycles. The Kier molecular flexibility index (Phi) is 3.89. The quantitative estimate of drug-likeness (QED) is 0.338. The molecule has 1 saturated carbocycles. The average Bonchev–Trinajstić information content (AvgIpc) is 3.04. The Morgan fingerprint density at radius 1 is 1.35 bits per heavy atom. The fraction of sp³-hybridized carbons (Fsp3) is 0.385. The predicted molar refractivity (Wildman–Crippen MR) is 67.0 cm³/mol. The smallest absolute Gasteiger partial charge is 0.263 e. The maximum atomic E-state index is 12.2. The number of allylic oxidation sites excluding steroid dienone is 2. The Labute approximate surface area is 102 Å². The van der Waals surface area contributed by atoms with Crippen LogP contribution in [0, 0.1) is 0 Å². The molecular formula is C13H18N2O2. The topological polar surface area (TPSA) is 49.4 Å². The number of rotatable bonds is 5. The summed E-state index contributed by atoms with van der Waals surface area (Å²) in [4.78, 5) is 25.4. The van der Waals surface area contributed by atoms with Crippen LogP contribution in [0.25, 0.3) is 0 Å². The molecule has 1 rings (SSSR count). The molecule has 1 fully saturated rings. The molecule has 1 N–H and O–H groups in total. The number of hydrogen-bond donors (Lipinski definition) is 1. The maximum Gasteiger partial charge on any atom is 0.263 e. The Morgan fingerprint density at radius 2 is 1.94 bits per heavy atom. The van der Waals surface area contributed by atoms with E-state index in [-0.39, 0.29) is 17.0 Å². The van der Waals surface area contributed by atoms with Crippen LogP contribution in [-0.4, -0.2) is 29.3 Å². The molecule has 0 atom stereocenters. The lowest BCUT2D eigenvalue weighted by Gasteiger charge is -2.25. The number of nitrogens with zero attached hydrogens (tertiary/aromatic N) is 1. The van der Waals surface area contributed by atoms with Gasteiger partial charge in [-0.05, 0) is 25.8 Å². The van der Waals surface area contributed by atoms with Gasteiger partial charge in [0.05, 0.1) is 0 Å². The fourth-order valence-electron chi connectivity index (χ4n) is 1.60. The van der Waals surface area contributed by atoms with E-state index < -0.39 is 5.91 Å². The van der Waals surface area contributed by atoms with E-state index in [1.807, 2.05) is 6.92 Å². The van der Waals surface area contributed by atoms with E-state index in [4.69, 9.17) is 0 Å². The molecule has 0 aromatic carbocycles. The molecule has 0 spiro atoms. The lowest BCUT2D eigenvalue weighted by Crippen LogP contribution is -2.40. The van der Waals surface area contributed by atoms with Crippen LogP contribution >= 0.6 is 0 Å². The highest BCUT2D eigenvalue weighted by Gasteiger charge is 2.45. The molecule has 0 aliphatic heterocycles. The monoisotopic (exact) mass is 234 g/mol. The summed E-state index contributed by atoms with van der Waals surface area (Å²) in [5, 5.41) is 2.44. The summed E-state index contributed by atoms with van der Waals surface area (Å²) in [6.07, 6.45) is 6.19. The third-order valence-electron chi connectivity index (χ3n) is 2.94. The number of amides is 2. The third-order valence-corrected chi connectivity index (χ3v) is 2.94. The fourth-order valence-corrected chi connectivity index (χ4v) is 1.60. The standard InChI is InChI=1S/C13H18N2O2/c1-5-7-10(11(16)14-4)12(17)15(6-2)13(3)8-9-13/h5-7H,1-2,8-9H2,3-4H3,(H,14,16)/b10-7-. The molecular weight excluding hydrogens is 216 g/mol. The van der Waals surface area contributed by atoms with Crippen LogP contribution < -0.4 is 5.32 Å². The molecule has 2 amide bonds. The van der Waals surface area contributed by atoms with Crippen molar-refractivity contribution in [2.45, 2.75) is 25.3 Å². The van der Waals surface area contributed by atoms with Gasteiger partial charge in [0.2, 0.25) is 0 Å². The van der Waals surface area contributed by atoms with E-state index in [0.29, 0.717) is 0 Å². The highest BCUT2D eigenvalue weighted by Crippen LogP contribution is 2.41. The largest absolute Gasteiger partial charge is 0.355 e. The van der Waals surface area contributed by atoms with Crippen molar-refractivity contribution in [3.8, 4) is 0 Å². The van der Waals surface area contributed by atoms with Gasteiger partial charge in [-0.3, -0.25) is 9.59 Å². The summed E-state index contributed by atoms with van der Waals surface area (Å²) >= 11 is 0. The minimum absolute atomic E-state index is 0.0792. The summed E-state index contributed by atoms with van der Waals surface area (Å²) in [7, 11) is 1.49. The Hall–Kier alpha value is -1.84. The number of carbonyl (C=O) groups is 2. The van der Waals surface area contributed by atoms with Crippen LogP contribution in [0.4, 0.5) is 0 Å². The first-order valence-electron chi connectivity index (χ1n) is 5.51. The highest BCUT2D eigenvalue weighted by molar-refractivity contribution is 6.19. The second-order valence-electron chi connectivity index (χ2n) is 4.25. The van der Waals surface area contributed by atoms with E-state index in [1.54, 1.807) is 0 Å². The van der Waals surface area contributed by atoms with Gasteiger partial charge < -0.3 is 10.2 Å². The zero-order chi connectivity index (χ0) is 13.1. The molecule has 17 heavy (non-hydrogen) atoms. The molecule has 1 aliphatic carbocycles. The van der Waals surface area contributed by atoms with Gasteiger partial charge in [-0.1, -0.05) is 19.2 Å². The summed E-state index contributed by atoms with van der Waals surface area (Å²) in [6.45, 7) is 9.12. The molecule has 4 heteroatoms. The highest BCUT2D eigenvalue weighted by atomic mass is 16.2. The summed E-state index contributed by atoms with van der Waals surface area (Å²) in [5.41, 5.74) is -0.108. The van der Waals surface area contributed by atoms with Gasteiger partial charge in [0.1, 0.15) is 5.57 Å². The van der Waals surface area contributed by atoms with Crippen LogP contribution in [0.5, 0.6) is 0 Å². The Morgan fingerprint density at radius 3 is 2.29 bits per heavy atom. The van der Waals surface area contributed by atoms with Crippen molar-refractivity contribution in [1.82, 2.24) is 10.2 Å². The normalized spacial score (nSPS) is 16.9. The maximum absolute atomic E-state index is 12.2. The van der Waals surface area contributed by atoms with Crippen molar-refractivity contribution >= 4 is 11.8 Å². The van der Waals surface area contributed by atoms with Crippen LogP contribution in [0.15, 0.2) is 37.1 Å². The minimum Gasteiger partial charge on any atom is -0.355 e. The lowest BCUT2D eigenvalue weighted by atomic mass is 10.1. The van der Waals surface area contributed by atoms with Gasteiger partial charge in [0, 0.05) is 18.8 Å². The van der Waals surface area contributed by atoms with Crippen LogP contribution in [0.1, 0.15) is 19.8 Å². The first kappa shape index (κ1) is 13.2. The average molecular weight is 234 g/mol. The van der Waals surface area contributed by atoms with E-state index in [9.17, 15) is 9.59 Å². The first-order valence-corrected chi connectivity index (χ1v) is 5.51. The molecule has 0 radical (unpaired) electrons. The molecule has 0 bridgehead atoms. The first-order chi connectivity index (χ1) is 8.00. The van der Waals surface area contributed by atoms with E-state index in [0.717, 1.165) is 12.8 Å². The summed E-state index contributed by atoms with van der Waals surface area (Å²) in [6, 6.07) is 0. The third kappa shape index (κ3) is 2.64. The van der Waals surface area contributed by atoms with Gasteiger partial charge in [0.25, 0.3) is 11.8 Å². The molecule has 0 unspecified atom stereocenters. The molecule has 4 nitrogen and oxygen atoms in total. The van der Waals surface area contributed by atoms with Gasteiger partial charge >= 0.3 is 0 Å². The molecule has 92 valence electrons. The summed E-state index contributed by atoms with van der Waals surface area (Å²) in [5.74, 6) is -0.745. The molecule has 0 aromatic rings. The van der Waals surface area contributed by atoms with E-state index >= 15 is 0 Å². The van der Waals surface area contributed by atoms with Crippen molar-refractivity contribution in [2.75, 3.05) is 7.05 Å². The SMILES string of the molecule is C=C/C=C(/C(=O)NC)C(=O)N(C=C)C1(C)CC1. The van der Waals surface area contributed by atoms with Crippen LogP contribution in [0.2, 0.25) is 0 Å². The second-order valence-corrected chi connectivity index (χ2v) is 4.25. The Bertz CT molecular complexity index is 392. The van der Waals surface area contributed by atoms with E-state index in [1.165, 1.54) is 30.3 Å². The second kappa shape index (κ2) is 4.99. The van der Waals surface area contributed by atoms with Gasteiger partial charge in [-0.2, -0.15) is 0 Å². The van der Waals surface area contributed by atoms with Crippen molar-refractivity contribution < 1.29 is 9.59 Å². The van der Waals surface area contributed by atoms with Gasteiger partial charge in [0.15, 0.2) is 0 Å². The summed E-state index contributed by atoms with van der Waals surface area (Å²) < 4.78 is 0. The predicted octanol–water partition coefficient (Wildman–Crippen LogP) is 1.37. The lowest BCUT2D eigenvalue weighted by molar-refractivity contribution is -0.129. The van der Waals surface area contributed by atoms with Crippen LogP contribution in [-0.2, 0) is 9.59 Å². The minimum atomic E-state index is -0.411. The van der Waals surface area contributed by atoms with Crippen molar-refractivity contribution in [1.29, 1.82) is 0 Å². The zero-order valence-electron chi connectivity index (χ0n) is 10.3. The molecule has 0 heterocycles. The number of hydrogen-bond acceptors (Lipinski definition) is 2. The van der Waals surface area contributed by atoms with Crippen LogP contribution in [0.3, 0.4) is 0 Å².